The highest BCUT2D eigenvalue weighted by atomic mass is 16.1. The average Bonchev–Trinajstić information content (AvgIpc) is 2.68. The zero-order valence-electron chi connectivity index (χ0n) is 20.2. The Kier molecular flexibility index (Phi) is 6.02. The Morgan fingerprint density at radius 3 is 2.45 bits per heavy atom. The Labute approximate surface area is 181 Å². The topological polar surface area (TPSA) is 17.1 Å². The van der Waals surface area contributed by atoms with Gasteiger partial charge in [0.05, 0.1) is 0 Å². The lowest BCUT2D eigenvalue weighted by Gasteiger charge is -2.66. The minimum atomic E-state index is 0.277. The highest BCUT2D eigenvalue weighted by Crippen LogP contribution is 2.69. The van der Waals surface area contributed by atoms with Crippen molar-refractivity contribution in [3.8, 4) is 0 Å². The molecule has 1 nitrogen and oxygen atoms in total. The van der Waals surface area contributed by atoms with E-state index >= 15 is 0 Å². The summed E-state index contributed by atoms with van der Waals surface area (Å²) in [6, 6.07) is 0. The van der Waals surface area contributed by atoms with E-state index in [1.165, 1.54) is 83.5 Å². The largest absolute Gasteiger partial charge is 0.299 e. The highest BCUT2D eigenvalue weighted by molar-refractivity contribution is 5.84. The molecule has 0 N–H and O–H groups in total. The lowest BCUT2D eigenvalue weighted by atomic mass is 9.38. The summed E-state index contributed by atoms with van der Waals surface area (Å²) in [5.74, 6) is 4.08. The summed E-state index contributed by atoms with van der Waals surface area (Å²) in [5.41, 5.74) is 1.10. The number of hydrogen-bond donors (Lipinski definition) is 0. The summed E-state index contributed by atoms with van der Waals surface area (Å²) < 4.78 is 0. The van der Waals surface area contributed by atoms with Crippen LogP contribution in [0.15, 0.2) is 0 Å². The molecule has 4 rings (SSSR count). The first kappa shape index (κ1) is 21.9. The lowest BCUT2D eigenvalue weighted by molar-refractivity contribution is -0.184. The van der Waals surface area contributed by atoms with Crippen molar-refractivity contribution in [1.29, 1.82) is 0 Å². The minimum absolute atomic E-state index is 0.277. The number of Topliss-reactive ketones (excluding diaryl/α,β-unsaturated/α-hetero) is 1. The zero-order valence-corrected chi connectivity index (χ0v) is 20.2. The van der Waals surface area contributed by atoms with Gasteiger partial charge >= 0.3 is 0 Å². The van der Waals surface area contributed by atoms with Gasteiger partial charge < -0.3 is 0 Å². The standard InChI is InChI=1S/C28H48O/c1-6-7-8-12-20(2)21-13-11-14-22-25-23(15-18-27(21,22)4)28(5)17-10-9-16-26(28,3)19-24(25)29/h20-23,25H,6-19H2,1-5H3. The van der Waals surface area contributed by atoms with Crippen LogP contribution in [0.3, 0.4) is 0 Å². The zero-order chi connectivity index (χ0) is 20.9. The second-order valence-electron chi connectivity index (χ2n) is 12.6. The monoisotopic (exact) mass is 400 g/mol. The summed E-state index contributed by atoms with van der Waals surface area (Å²) >= 11 is 0. The van der Waals surface area contributed by atoms with E-state index < -0.39 is 0 Å². The number of carbonyl (C=O) groups is 1. The second kappa shape index (κ2) is 7.98. The van der Waals surface area contributed by atoms with Gasteiger partial charge in [-0.3, -0.25) is 4.79 Å². The molecular weight excluding hydrogens is 352 g/mol. The normalized spacial score (nSPS) is 48.4. The van der Waals surface area contributed by atoms with Crippen molar-refractivity contribution in [1.82, 2.24) is 0 Å². The summed E-state index contributed by atoms with van der Waals surface area (Å²) in [5, 5.41) is 0. The van der Waals surface area contributed by atoms with Crippen LogP contribution in [-0.2, 0) is 4.79 Å². The molecule has 4 aliphatic rings. The Bertz CT molecular complexity index is 609. The van der Waals surface area contributed by atoms with Crippen LogP contribution in [0.4, 0.5) is 0 Å². The number of fused-ring (bicyclic) bond motifs is 5. The fraction of sp³-hybridized carbons (Fsp3) is 0.964. The van der Waals surface area contributed by atoms with E-state index in [9.17, 15) is 4.79 Å². The number of rotatable bonds is 5. The molecule has 0 spiro atoms. The van der Waals surface area contributed by atoms with Gasteiger partial charge in [-0.1, -0.05) is 79.6 Å². The average molecular weight is 401 g/mol. The summed E-state index contributed by atoms with van der Waals surface area (Å²) in [6.07, 6.45) is 18.6. The Morgan fingerprint density at radius 1 is 0.931 bits per heavy atom. The maximum absolute atomic E-state index is 13.7. The van der Waals surface area contributed by atoms with E-state index in [-0.39, 0.29) is 5.41 Å². The van der Waals surface area contributed by atoms with Crippen LogP contribution in [0.1, 0.15) is 125 Å². The first-order chi connectivity index (χ1) is 13.8. The van der Waals surface area contributed by atoms with Crippen molar-refractivity contribution >= 4 is 5.78 Å². The van der Waals surface area contributed by atoms with Gasteiger partial charge in [0, 0.05) is 12.3 Å². The molecule has 0 amide bonds. The van der Waals surface area contributed by atoms with Crippen LogP contribution in [-0.4, -0.2) is 5.78 Å². The highest BCUT2D eigenvalue weighted by Gasteiger charge is 2.64. The molecule has 0 aromatic heterocycles. The predicted octanol–water partition coefficient (Wildman–Crippen LogP) is 8.21. The molecule has 0 bridgehead atoms. The van der Waals surface area contributed by atoms with Gasteiger partial charge in [-0.25, -0.2) is 0 Å². The number of unbranched alkanes of at least 4 members (excludes halogenated alkanes) is 2. The molecule has 0 saturated heterocycles. The molecule has 166 valence electrons. The molecule has 0 aliphatic heterocycles. The third kappa shape index (κ3) is 3.36. The van der Waals surface area contributed by atoms with Gasteiger partial charge in [0.15, 0.2) is 0 Å². The molecule has 0 heterocycles. The van der Waals surface area contributed by atoms with Crippen LogP contribution in [0.2, 0.25) is 0 Å². The molecule has 4 saturated carbocycles. The maximum Gasteiger partial charge on any atom is 0.137 e. The van der Waals surface area contributed by atoms with E-state index in [2.05, 4.69) is 34.6 Å². The first-order valence-electron chi connectivity index (χ1n) is 13.3. The number of hydrogen-bond acceptors (Lipinski definition) is 1. The molecule has 4 fully saturated rings. The van der Waals surface area contributed by atoms with Crippen LogP contribution in [0, 0.1) is 45.8 Å². The molecule has 1 heteroatoms. The van der Waals surface area contributed by atoms with Gasteiger partial charge in [0.1, 0.15) is 5.78 Å². The minimum Gasteiger partial charge on any atom is -0.299 e. The van der Waals surface area contributed by atoms with Gasteiger partial charge in [0.25, 0.3) is 0 Å². The van der Waals surface area contributed by atoms with Crippen LogP contribution < -0.4 is 0 Å². The third-order valence-corrected chi connectivity index (χ3v) is 11.3. The van der Waals surface area contributed by atoms with Crippen molar-refractivity contribution in [2.45, 2.75) is 125 Å². The predicted molar refractivity (Wildman–Crippen MR) is 123 cm³/mol. The van der Waals surface area contributed by atoms with E-state index in [0.717, 1.165) is 18.3 Å². The molecular formula is C28H48O. The van der Waals surface area contributed by atoms with Gasteiger partial charge in [-0.2, -0.15) is 0 Å². The fourth-order valence-corrected chi connectivity index (χ4v) is 9.42. The Balaban J connectivity index is 1.60. The maximum atomic E-state index is 13.7. The van der Waals surface area contributed by atoms with Crippen LogP contribution >= 0.6 is 0 Å². The van der Waals surface area contributed by atoms with Gasteiger partial charge in [-0.15, -0.1) is 0 Å². The quantitative estimate of drug-likeness (QED) is 0.425. The van der Waals surface area contributed by atoms with E-state index in [1.54, 1.807) is 0 Å². The summed E-state index contributed by atoms with van der Waals surface area (Å²) in [4.78, 5) is 13.7. The molecule has 8 unspecified atom stereocenters. The molecule has 29 heavy (non-hydrogen) atoms. The van der Waals surface area contributed by atoms with Gasteiger partial charge in [-0.05, 0) is 78.4 Å². The number of ketones is 1. The molecule has 4 aliphatic carbocycles. The molecule has 0 radical (unpaired) electrons. The van der Waals surface area contributed by atoms with Gasteiger partial charge in [0.2, 0.25) is 0 Å². The van der Waals surface area contributed by atoms with Crippen molar-refractivity contribution in [2.75, 3.05) is 0 Å². The summed E-state index contributed by atoms with van der Waals surface area (Å²) in [7, 11) is 0. The van der Waals surface area contributed by atoms with E-state index in [4.69, 9.17) is 0 Å². The molecule has 0 aromatic carbocycles. The SMILES string of the molecule is CCCCCC(C)C1CCCC2C3C(=O)CC4(C)CCCCC4(C)C3CCC12C. The molecule has 0 aromatic rings. The third-order valence-electron chi connectivity index (χ3n) is 11.3. The fourth-order valence-electron chi connectivity index (χ4n) is 9.42. The molecule has 8 atom stereocenters. The van der Waals surface area contributed by atoms with E-state index in [1.807, 2.05) is 0 Å². The van der Waals surface area contributed by atoms with Crippen LogP contribution in [0.5, 0.6) is 0 Å². The first-order valence-corrected chi connectivity index (χ1v) is 13.3. The Morgan fingerprint density at radius 2 is 1.69 bits per heavy atom. The van der Waals surface area contributed by atoms with E-state index in [0.29, 0.717) is 34.4 Å². The van der Waals surface area contributed by atoms with Crippen molar-refractivity contribution in [3.05, 3.63) is 0 Å². The van der Waals surface area contributed by atoms with Crippen LogP contribution in [0.25, 0.3) is 0 Å². The van der Waals surface area contributed by atoms with Crippen molar-refractivity contribution < 1.29 is 4.79 Å². The smallest absolute Gasteiger partial charge is 0.137 e. The Hall–Kier alpha value is -0.330. The second-order valence-corrected chi connectivity index (χ2v) is 12.6. The lowest BCUT2D eigenvalue weighted by Crippen LogP contribution is -2.62. The van der Waals surface area contributed by atoms with Crippen molar-refractivity contribution in [3.63, 3.8) is 0 Å². The summed E-state index contributed by atoms with van der Waals surface area (Å²) in [6.45, 7) is 12.6. The number of carbonyl (C=O) groups excluding carboxylic acids is 1. The van der Waals surface area contributed by atoms with Crippen molar-refractivity contribution in [2.24, 2.45) is 45.8 Å².